The second kappa shape index (κ2) is 7.95. The van der Waals surface area contributed by atoms with Crippen LogP contribution in [0.4, 0.5) is 10.1 Å². The molecular weight excluding hydrogens is 297 g/mol. The molecule has 0 atom stereocenters. The van der Waals surface area contributed by atoms with Crippen molar-refractivity contribution in [3.8, 4) is 0 Å². The maximum absolute atomic E-state index is 13.7. The summed E-state index contributed by atoms with van der Waals surface area (Å²) in [5.74, 6) is -1.66. The maximum Gasteiger partial charge on any atom is 0.248 e. The molecule has 5 nitrogen and oxygen atoms in total. The molecule has 0 saturated heterocycles. The predicted molar refractivity (Wildman–Crippen MR) is 82.9 cm³/mol. The van der Waals surface area contributed by atoms with Crippen molar-refractivity contribution in [2.24, 2.45) is 16.9 Å². The average molecular weight is 318 g/mol. The summed E-state index contributed by atoms with van der Waals surface area (Å²) >= 11 is 0. The highest BCUT2D eigenvalue weighted by Gasteiger charge is 2.33. The number of benzene rings is 1. The highest BCUT2D eigenvalue weighted by Crippen LogP contribution is 2.27. The molecule has 0 bridgehead atoms. The average Bonchev–Trinajstić information content (AvgIpc) is 2.43. The van der Waals surface area contributed by atoms with Gasteiger partial charge in [-0.3, -0.25) is 9.59 Å². The minimum atomic E-state index is -0.741. The number of rotatable bonds is 6. The molecule has 0 radical (unpaired) electrons. The first-order valence-electron chi connectivity index (χ1n) is 6.51. The Bertz CT molecular complexity index is 511. The molecule has 0 fully saturated rings. The lowest BCUT2D eigenvalue weighted by Gasteiger charge is -2.28. The van der Waals surface area contributed by atoms with Crippen LogP contribution >= 0.6 is 12.4 Å². The normalized spacial score (nSPS) is 10.7. The summed E-state index contributed by atoms with van der Waals surface area (Å²) in [5.41, 5.74) is 10.1. The van der Waals surface area contributed by atoms with Gasteiger partial charge < -0.3 is 16.8 Å². The van der Waals surface area contributed by atoms with E-state index in [1.807, 2.05) is 13.8 Å². The second-order valence-corrected chi connectivity index (χ2v) is 4.70. The topological polar surface area (TPSA) is 98.2 Å². The number of nitrogens with two attached hydrogens (primary N) is 2. The first kappa shape index (κ1) is 19.3. The van der Waals surface area contributed by atoms with Gasteiger partial charge in [-0.05, 0) is 31.0 Å². The SMILES string of the molecule is CCC(CC)(CN)C(=O)Nc1cc(C(N)=O)ccc1F.Cl. The molecule has 0 saturated carbocycles. The lowest BCUT2D eigenvalue weighted by atomic mass is 9.81. The fourth-order valence-corrected chi connectivity index (χ4v) is 1.98. The molecule has 2 amide bonds. The van der Waals surface area contributed by atoms with Gasteiger partial charge in [0.2, 0.25) is 11.8 Å². The van der Waals surface area contributed by atoms with Gasteiger partial charge in [0.15, 0.2) is 0 Å². The smallest absolute Gasteiger partial charge is 0.248 e. The number of hydrogen-bond acceptors (Lipinski definition) is 3. The van der Waals surface area contributed by atoms with Crippen molar-refractivity contribution >= 4 is 29.9 Å². The van der Waals surface area contributed by atoms with Crippen molar-refractivity contribution < 1.29 is 14.0 Å². The van der Waals surface area contributed by atoms with E-state index in [2.05, 4.69) is 5.32 Å². The van der Waals surface area contributed by atoms with Crippen molar-refractivity contribution in [2.45, 2.75) is 26.7 Å². The van der Waals surface area contributed by atoms with Gasteiger partial charge in [-0.15, -0.1) is 12.4 Å². The number of carbonyl (C=O) groups excluding carboxylic acids is 2. The van der Waals surface area contributed by atoms with Gasteiger partial charge in [0.05, 0.1) is 11.1 Å². The maximum atomic E-state index is 13.7. The molecule has 1 aromatic rings. The molecule has 21 heavy (non-hydrogen) atoms. The molecule has 0 aromatic heterocycles. The van der Waals surface area contributed by atoms with Gasteiger partial charge in [-0.2, -0.15) is 0 Å². The predicted octanol–water partition coefficient (Wildman–Crippen LogP) is 2.05. The molecule has 5 N–H and O–H groups in total. The van der Waals surface area contributed by atoms with Crippen LogP contribution in [0.5, 0.6) is 0 Å². The minimum absolute atomic E-state index is 0. The summed E-state index contributed by atoms with van der Waals surface area (Å²) in [6.07, 6.45) is 1.09. The van der Waals surface area contributed by atoms with E-state index < -0.39 is 17.1 Å². The molecule has 0 aliphatic heterocycles. The van der Waals surface area contributed by atoms with Crippen molar-refractivity contribution in [3.05, 3.63) is 29.6 Å². The van der Waals surface area contributed by atoms with Crippen molar-refractivity contribution in [3.63, 3.8) is 0 Å². The van der Waals surface area contributed by atoms with Crippen LogP contribution in [-0.2, 0) is 4.79 Å². The largest absolute Gasteiger partial charge is 0.366 e. The third-order valence-electron chi connectivity index (χ3n) is 3.73. The van der Waals surface area contributed by atoms with Crippen LogP contribution in [0.15, 0.2) is 18.2 Å². The number of amides is 2. The number of nitrogens with one attached hydrogen (secondary N) is 1. The van der Waals surface area contributed by atoms with E-state index in [1.54, 1.807) is 0 Å². The fourth-order valence-electron chi connectivity index (χ4n) is 1.98. The summed E-state index contributed by atoms with van der Waals surface area (Å²) in [7, 11) is 0. The van der Waals surface area contributed by atoms with Gasteiger partial charge in [0.25, 0.3) is 0 Å². The van der Waals surface area contributed by atoms with E-state index in [-0.39, 0.29) is 36.1 Å². The van der Waals surface area contributed by atoms with Gasteiger partial charge in [-0.25, -0.2) is 4.39 Å². The van der Waals surface area contributed by atoms with Crippen LogP contribution in [-0.4, -0.2) is 18.4 Å². The zero-order valence-corrected chi connectivity index (χ0v) is 12.9. The molecule has 0 heterocycles. The molecule has 1 aromatic carbocycles. The third-order valence-corrected chi connectivity index (χ3v) is 3.73. The van der Waals surface area contributed by atoms with Crippen molar-refractivity contribution in [1.82, 2.24) is 0 Å². The number of primary amides is 1. The first-order chi connectivity index (χ1) is 9.40. The Kier molecular flexibility index (Phi) is 7.32. The van der Waals surface area contributed by atoms with E-state index in [9.17, 15) is 14.0 Å². The van der Waals surface area contributed by atoms with E-state index in [0.29, 0.717) is 12.8 Å². The third kappa shape index (κ3) is 4.15. The van der Waals surface area contributed by atoms with Crippen LogP contribution in [0.1, 0.15) is 37.0 Å². The Labute approximate surface area is 129 Å². The van der Waals surface area contributed by atoms with Crippen molar-refractivity contribution in [2.75, 3.05) is 11.9 Å². The molecule has 7 heteroatoms. The highest BCUT2D eigenvalue weighted by molar-refractivity contribution is 5.98. The van der Waals surface area contributed by atoms with E-state index in [1.165, 1.54) is 12.1 Å². The summed E-state index contributed by atoms with van der Waals surface area (Å²) in [4.78, 5) is 23.4. The highest BCUT2D eigenvalue weighted by atomic mass is 35.5. The Morgan fingerprint density at radius 1 is 1.29 bits per heavy atom. The van der Waals surface area contributed by atoms with Gasteiger partial charge in [0.1, 0.15) is 5.82 Å². The Hall–Kier alpha value is -1.66. The molecule has 0 unspecified atom stereocenters. The van der Waals surface area contributed by atoms with E-state index >= 15 is 0 Å². The van der Waals surface area contributed by atoms with Crippen molar-refractivity contribution in [1.29, 1.82) is 0 Å². The van der Waals surface area contributed by atoms with E-state index in [0.717, 1.165) is 6.07 Å². The zero-order valence-electron chi connectivity index (χ0n) is 12.1. The fraction of sp³-hybridized carbons (Fsp3) is 0.429. The summed E-state index contributed by atoms with van der Waals surface area (Å²) in [6, 6.07) is 3.59. The Morgan fingerprint density at radius 3 is 2.29 bits per heavy atom. The van der Waals surface area contributed by atoms with Crippen LogP contribution in [0.2, 0.25) is 0 Å². The second-order valence-electron chi connectivity index (χ2n) is 4.70. The standard InChI is InChI=1S/C14H20FN3O2.ClH/c1-3-14(4-2,8-16)13(20)18-11-7-9(12(17)19)5-6-10(11)15;/h5-7H,3-4,8,16H2,1-2H3,(H2,17,19)(H,18,20);1H. The number of hydrogen-bond donors (Lipinski definition) is 3. The number of halogens is 2. The van der Waals surface area contributed by atoms with E-state index in [4.69, 9.17) is 11.5 Å². The van der Waals surface area contributed by atoms with Crippen LogP contribution in [0, 0.1) is 11.2 Å². The Balaban J connectivity index is 0.00000400. The monoisotopic (exact) mass is 317 g/mol. The van der Waals surface area contributed by atoms with Gasteiger partial charge >= 0.3 is 0 Å². The lowest BCUT2D eigenvalue weighted by Crippen LogP contribution is -2.41. The van der Waals surface area contributed by atoms with Crippen LogP contribution in [0.25, 0.3) is 0 Å². The molecule has 0 spiro atoms. The van der Waals surface area contributed by atoms with Crippen LogP contribution in [0.3, 0.4) is 0 Å². The zero-order chi connectivity index (χ0) is 15.3. The minimum Gasteiger partial charge on any atom is -0.366 e. The molecule has 118 valence electrons. The molecule has 1 rings (SSSR count). The number of carbonyl (C=O) groups is 2. The Morgan fingerprint density at radius 2 is 1.86 bits per heavy atom. The quantitative estimate of drug-likeness (QED) is 0.748. The lowest BCUT2D eigenvalue weighted by molar-refractivity contribution is -0.125. The first-order valence-corrected chi connectivity index (χ1v) is 6.51. The van der Waals surface area contributed by atoms with Gasteiger partial charge in [0, 0.05) is 12.1 Å². The summed E-state index contributed by atoms with van der Waals surface area (Å²) < 4.78 is 13.7. The van der Waals surface area contributed by atoms with Gasteiger partial charge in [-0.1, -0.05) is 13.8 Å². The summed E-state index contributed by atoms with van der Waals surface area (Å²) in [5, 5.41) is 2.50. The molecular formula is C14H21ClFN3O2. The number of anilines is 1. The van der Waals surface area contributed by atoms with Crippen LogP contribution < -0.4 is 16.8 Å². The summed E-state index contributed by atoms with van der Waals surface area (Å²) in [6.45, 7) is 3.88. The molecule has 0 aliphatic rings. The molecule has 0 aliphatic carbocycles.